The molecule has 1 fully saturated rings. The van der Waals surface area contributed by atoms with Crippen molar-refractivity contribution in [3.8, 4) is 0 Å². The van der Waals surface area contributed by atoms with Crippen molar-refractivity contribution in [1.82, 2.24) is 5.32 Å². The van der Waals surface area contributed by atoms with Crippen LogP contribution in [-0.2, 0) is 10.3 Å². The number of carbonyl (C=O) groups is 1. The summed E-state index contributed by atoms with van der Waals surface area (Å²) in [7, 11) is 0. The van der Waals surface area contributed by atoms with Crippen molar-refractivity contribution in [2.75, 3.05) is 0 Å². The van der Waals surface area contributed by atoms with Crippen molar-refractivity contribution < 1.29 is 22.4 Å². The van der Waals surface area contributed by atoms with Gasteiger partial charge in [-0.3, -0.25) is 4.79 Å². The molecular weight excluding hydrogens is 262 g/mol. The van der Waals surface area contributed by atoms with Gasteiger partial charge in [0, 0.05) is 5.56 Å². The minimum atomic E-state index is -3.60. The van der Waals surface area contributed by atoms with Crippen molar-refractivity contribution >= 4 is 5.91 Å². The van der Waals surface area contributed by atoms with E-state index in [1.807, 2.05) is 5.32 Å². The number of hydrogen-bond donors (Lipinski definition) is 1. The molecule has 1 aliphatic rings. The molecule has 0 radical (unpaired) electrons. The Labute approximate surface area is 107 Å². The van der Waals surface area contributed by atoms with Gasteiger partial charge in [0.25, 0.3) is 11.8 Å². The van der Waals surface area contributed by atoms with Gasteiger partial charge < -0.3 is 5.32 Å². The average molecular weight is 275 g/mol. The third kappa shape index (κ3) is 1.99. The van der Waals surface area contributed by atoms with E-state index in [-0.39, 0.29) is 5.56 Å². The summed E-state index contributed by atoms with van der Waals surface area (Å²) in [6.45, 7) is 1.79. The fourth-order valence-corrected chi connectivity index (χ4v) is 2.25. The molecular formula is C13H13F4NO. The summed E-state index contributed by atoms with van der Waals surface area (Å²) >= 11 is 0. The van der Waals surface area contributed by atoms with Gasteiger partial charge in [-0.05, 0) is 19.9 Å². The number of amides is 1. The lowest BCUT2D eigenvalue weighted by Gasteiger charge is -2.45. The number of alkyl halides is 3. The minimum Gasteiger partial charge on any atom is -0.338 e. The molecule has 1 aliphatic heterocycles. The van der Waals surface area contributed by atoms with Crippen molar-refractivity contribution in [2.45, 2.75) is 37.4 Å². The molecule has 1 N–H and O–H groups in total. The Morgan fingerprint density at radius 3 is 2.32 bits per heavy atom. The molecule has 104 valence electrons. The lowest BCUT2D eigenvalue weighted by Crippen LogP contribution is -2.66. The number of piperidine rings is 1. The van der Waals surface area contributed by atoms with Crippen LogP contribution in [0.25, 0.3) is 0 Å². The molecule has 0 spiro atoms. The molecule has 0 saturated carbocycles. The minimum absolute atomic E-state index is 0.358. The van der Waals surface area contributed by atoms with Crippen LogP contribution in [-0.4, -0.2) is 17.5 Å². The van der Waals surface area contributed by atoms with Crippen molar-refractivity contribution in [1.29, 1.82) is 0 Å². The van der Waals surface area contributed by atoms with Crippen LogP contribution in [0.3, 0.4) is 0 Å². The number of halogens is 4. The Balaban J connectivity index is 2.54. The molecule has 1 saturated heterocycles. The van der Waals surface area contributed by atoms with Gasteiger partial charge in [-0.25, -0.2) is 17.6 Å². The second-order valence-electron chi connectivity index (χ2n) is 5.14. The van der Waals surface area contributed by atoms with Gasteiger partial charge in [0.2, 0.25) is 0 Å². The molecule has 1 aromatic rings. The molecule has 2 atom stereocenters. The predicted molar refractivity (Wildman–Crippen MR) is 61.0 cm³/mol. The fourth-order valence-electron chi connectivity index (χ4n) is 2.25. The van der Waals surface area contributed by atoms with E-state index in [2.05, 4.69) is 0 Å². The van der Waals surface area contributed by atoms with Crippen LogP contribution in [0.1, 0.15) is 25.8 Å². The number of rotatable bonds is 1. The van der Waals surface area contributed by atoms with E-state index in [4.69, 9.17) is 0 Å². The maximum absolute atomic E-state index is 14.2. The van der Waals surface area contributed by atoms with E-state index in [1.54, 1.807) is 0 Å². The highest BCUT2D eigenvalue weighted by molar-refractivity contribution is 5.87. The first-order valence-corrected chi connectivity index (χ1v) is 5.74. The SMILES string of the molecule is CC1(F)CC(F)(F)[C@@](C)(c2ccccc2F)NC1=O. The van der Waals surface area contributed by atoms with E-state index < -0.39 is 35.3 Å². The number of carbonyl (C=O) groups excluding carboxylic acids is 1. The predicted octanol–water partition coefficient (Wildman–Crippen LogP) is 2.92. The van der Waals surface area contributed by atoms with Gasteiger partial charge in [0.15, 0.2) is 5.67 Å². The van der Waals surface area contributed by atoms with Gasteiger partial charge in [0.1, 0.15) is 11.4 Å². The summed E-state index contributed by atoms with van der Waals surface area (Å²) in [6, 6.07) is 4.91. The van der Waals surface area contributed by atoms with E-state index in [0.717, 1.165) is 26.0 Å². The Morgan fingerprint density at radius 1 is 1.16 bits per heavy atom. The molecule has 0 aromatic heterocycles. The first-order chi connectivity index (χ1) is 8.60. The molecule has 1 heterocycles. The van der Waals surface area contributed by atoms with E-state index >= 15 is 0 Å². The molecule has 1 aromatic carbocycles. The maximum atomic E-state index is 14.2. The molecule has 1 amide bonds. The monoisotopic (exact) mass is 275 g/mol. The average Bonchev–Trinajstić information content (AvgIpc) is 2.26. The summed E-state index contributed by atoms with van der Waals surface area (Å²) in [5.74, 6) is -5.64. The van der Waals surface area contributed by atoms with Crippen LogP contribution in [0.15, 0.2) is 24.3 Å². The van der Waals surface area contributed by atoms with E-state index in [1.165, 1.54) is 12.1 Å². The van der Waals surface area contributed by atoms with E-state index in [0.29, 0.717) is 0 Å². The van der Waals surface area contributed by atoms with Gasteiger partial charge in [0.05, 0.1) is 6.42 Å². The van der Waals surface area contributed by atoms with Crippen molar-refractivity contribution in [2.24, 2.45) is 0 Å². The number of nitrogens with one attached hydrogen (secondary N) is 1. The molecule has 2 rings (SSSR count). The van der Waals surface area contributed by atoms with Gasteiger partial charge in [-0.15, -0.1) is 0 Å². The number of hydrogen-bond acceptors (Lipinski definition) is 1. The summed E-state index contributed by atoms with van der Waals surface area (Å²) < 4.78 is 55.8. The Morgan fingerprint density at radius 2 is 1.74 bits per heavy atom. The highest BCUT2D eigenvalue weighted by Crippen LogP contribution is 2.47. The fraction of sp³-hybridized carbons (Fsp3) is 0.462. The van der Waals surface area contributed by atoms with Crippen LogP contribution in [0.2, 0.25) is 0 Å². The highest BCUT2D eigenvalue weighted by Gasteiger charge is 2.63. The highest BCUT2D eigenvalue weighted by atomic mass is 19.3. The summed E-state index contributed by atoms with van der Waals surface area (Å²) in [6.07, 6.45) is -1.28. The Kier molecular flexibility index (Phi) is 2.88. The summed E-state index contributed by atoms with van der Waals surface area (Å²) in [5, 5.41) is 1.93. The van der Waals surface area contributed by atoms with Gasteiger partial charge >= 0.3 is 0 Å². The smallest absolute Gasteiger partial charge is 0.278 e. The molecule has 6 heteroatoms. The van der Waals surface area contributed by atoms with Crippen LogP contribution in [0, 0.1) is 5.82 Å². The molecule has 1 unspecified atom stereocenters. The molecule has 19 heavy (non-hydrogen) atoms. The van der Waals surface area contributed by atoms with Crippen LogP contribution >= 0.6 is 0 Å². The second kappa shape index (κ2) is 3.95. The zero-order chi connectivity index (χ0) is 14.5. The van der Waals surface area contributed by atoms with Gasteiger partial charge in [-0.2, -0.15) is 0 Å². The molecule has 2 nitrogen and oxygen atoms in total. The zero-order valence-electron chi connectivity index (χ0n) is 10.4. The maximum Gasteiger partial charge on any atom is 0.278 e. The zero-order valence-corrected chi connectivity index (χ0v) is 10.4. The first-order valence-electron chi connectivity index (χ1n) is 5.74. The largest absolute Gasteiger partial charge is 0.338 e. The topological polar surface area (TPSA) is 29.1 Å². The Hall–Kier alpha value is -1.59. The van der Waals surface area contributed by atoms with Crippen molar-refractivity contribution in [3.63, 3.8) is 0 Å². The number of benzene rings is 1. The standard InChI is InChI=1S/C13H13F4NO/c1-11(15)7-13(16,17)12(2,18-10(11)19)8-5-3-4-6-9(8)14/h3-6H,7H2,1-2H3,(H,18,19)/t11?,12-/m1/s1. The van der Waals surface area contributed by atoms with E-state index in [9.17, 15) is 22.4 Å². The third-order valence-corrected chi connectivity index (χ3v) is 3.54. The van der Waals surface area contributed by atoms with Gasteiger partial charge in [-0.1, -0.05) is 18.2 Å². The normalized spacial score (nSPS) is 33.9. The van der Waals surface area contributed by atoms with Crippen LogP contribution < -0.4 is 5.32 Å². The Bertz CT molecular complexity index is 529. The van der Waals surface area contributed by atoms with Crippen molar-refractivity contribution in [3.05, 3.63) is 35.6 Å². The lowest BCUT2D eigenvalue weighted by atomic mass is 9.76. The van der Waals surface area contributed by atoms with Crippen LogP contribution in [0.5, 0.6) is 0 Å². The first kappa shape index (κ1) is 13.8. The third-order valence-electron chi connectivity index (χ3n) is 3.54. The molecule has 0 aliphatic carbocycles. The molecule has 0 bridgehead atoms. The van der Waals surface area contributed by atoms with Crippen LogP contribution in [0.4, 0.5) is 17.6 Å². The summed E-state index contributed by atoms with van der Waals surface area (Å²) in [4.78, 5) is 11.6. The quantitative estimate of drug-likeness (QED) is 0.784. The lowest BCUT2D eigenvalue weighted by molar-refractivity contribution is -0.175. The summed E-state index contributed by atoms with van der Waals surface area (Å²) in [5.41, 5.74) is -5.29. The second-order valence-corrected chi connectivity index (χ2v) is 5.14.